The van der Waals surface area contributed by atoms with Crippen LogP contribution in [0.5, 0.6) is 0 Å². The van der Waals surface area contributed by atoms with Crippen molar-refractivity contribution in [2.24, 2.45) is 4.99 Å². The summed E-state index contributed by atoms with van der Waals surface area (Å²) in [5, 5.41) is 4.91. The van der Waals surface area contributed by atoms with Crippen LogP contribution in [-0.2, 0) is 0 Å². The van der Waals surface area contributed by atoms with Gasteiger partial charge in [0, 0.05) is 27.1 Å². The van der Waals surface area contributed by atoms with Crippen molar-refractivity contribution in [3.63, 3.8) is 0 Å². The fourth-order valence-corrected chi connectivity index (χ4v) is 2.64. The van der Waals surface area contributed by atoms with Crippen molar-refractivity contribution in [3.05, 3.63) is 70.3 Å². The summed E-state index contributed by atoms with van der Waals surface area (Å²) in [5.74, 6) is 0. The molecule has 120 valence electrons. The first-order valence-electron chi connectivity index (χ1n) is 7.25. The van der Waals surface area contributed by atoms with Crippen molar-refractivity contribution >= 4 is 52.7 Å². The van der Waals surface area contributed by atoms with E-state index in [2.05, 4.69) is 16.4 Å². The number of benzene rings is 2. The van der Waals surface area contributed by atoms with Gasteiger partial charge in [-0.3, -0.25) is 4.99 Å². The molecule has 0 saturated heterocycles. The molecule has 3 rings (SSSR count). The maximum Gasteiger partial charge on any atom is 0.0634 e. The van der Waals surface area contributed by atoms with E-state index in [4.69, 9.17) is 23.2 Å². The summed E-state index contributed by atoms with van der Waals surface area (Å²) < 4.78 is 0. The van der Waals surface area contributed by atoms with Gasteiger partial charge >= 0.3 is 0 Å². The first kappa shape index (κ1) is 17.9. The molecule has 1 N–H and O–H groups in total. The third kappa shape index (κ3) is 5.28. The van der Waals surface area contributed by atoms with Crippen LogP contribution < -0.4 is 5.32 Å². The Morgan fingerprint density at radius 1 is 0.826 bits per heavy atom. The molecule has 0 aliphatic heterocycles. The van der Waals surface area contributed by atoms with Crippen molar-refractivity contribution in [3.8, 4) is 0 Å². The summed E-state index contributed by atoms with van der Waals surface area (Å²) in [6, 6.07) is 15.3. The summed E-state index contributed by atoms with van der Waals surface area (Å²) in [6.45, 7) is 0. The molecule has 0 radical (unpaired) electrons. The SMILES string of the molecule is Cl.Clc1ccc(N=C2C=C(Nc3ccc(Cl)cc3)CCC2)cc1. The Labute approximate surface area is 152 Å². The second kappa shape index (κ2) is 8.39. The number of hydrogen-bond donors (Lipinski definition) is 1. The lowest BCUT2D eigenvalue weighted by Gasteiger charge is -2.16. The molecule has 0 saturated carbocycles. The Bertz CT molecular complexity index is 704. The maximum atomic E-state index is 5.91. The van der Waals surface area contributed by atoms with Gasteiger partial charge in [-0.2, -0.15) is 0 Å². The van der Waals surface area contributed by atoms with Gasteiger partial charge < -0.3 is 5.32 Å². The fourth-order valence-electron chi connectivity index (χ4n) is 2.39. The van der Waals surface area contributed by atoms with Gasteiger partial charge in [0.25, 0.3) is 0 Å². The standard InChI is InChI=1S/C18H16Cl2N2.ClH/c19-13-4-8-15(9-5-13)21-17-2-1-3-18(12-17)22-16-10-6-14(20)7-11-16;/h4-12,21H,1-3H2;1H. The molecule has 2 aromatic carbocycles. The molecule has 1 aliphatic rings. The molecule has 0 unspecified atom stereocenters. The van der Waals surface area contributed by atoms with Gasteiger partial charge in [-0.25, -0.2) is 0 Å². The van der Waals surface area contributed by atoms with E-state index in [1.54, 1.807) is 0 Å². The van der Waals surface area contributed by atoms with Crippen LogP contribution in [0.15, 0.2) is 65.3 Å². The Kier molecular flexibility index (Phi) is 6.52. The quantitative estimate of drug-likeness (QED) is 0.643. The minimum atomic E-state index is 0. The van der Waals surface area contributed by atoms with Crippen molar-refractivity contribution < 1.29 is 0 Å². The summed E-state index contributed by atoms with van der Waals surface area (Å²) >= 11 is 11.8. The molecule has 2 aromatic rings. The van der Waals surface area contributed by atoms with Gasteiger partial charge in [0.2, 0.25) is 0 Å². The van der Waals surface area contributed by atoms with Gasteiger partial charge in [-0.1, -0.05) is 23.2 Å². The summed E-state index contributed by atoms with van der Waals surface area (Å²) in [5.41, 5.74) is 4.25. The largest absolute Gasteiger partial charge is 0.359 e. The number of nitrogens with zero attached hydrogens (tertiary/aromatic N) is 1. The number of hydrogen-bond acceptors (Lipinski definition) is 2. The minimum absolute atomic E-state index is 0. The molecule has 1 aliphatic carbocycles. The van der Waals surface area contributed by atoms with Crippen LogP contribution >= 0.6 is 35.6 Å². The topological polar surface area (TPSA) is 24.4 Å². The highest BCUT2D eigenvalue weighted by molar-refractivity contribution is 6.30. The van der Waals surface area contributed by atoms with E-state index in [0.717, 1.165) is 46.4 Å². The molecule has 2 nitrogen and oxygen atoms in total. The monoisotopic (exact) mass is 366 g/mol. The first-order chi connectivity index (χ1) is 10.7. The molecule has 23 heavy (non-hydrogen) atoms. The zero-order valence-electron chi connectivity index (χ0n) is 12.4. The number of nitrogens with one attached hydrogen (secondary N) is 1. The molecular formula is C18H17Cl3N2. The van der Waals surface area contributed by atoms with Gasteiger partial charge in [0.15, 0.2) is 0 Å². The predicted octanol–water partition coefficient (Wildman–Crippen LogP) is 6.67. The number of aliphatic imine (C=N–C) groups is 1. The van der Waals surface area contributed by atoms with Crippen molar-refractivity contribution in [1.82, 2.24) is 0 Å². The third-order valence-electron chi connectivity index (χ3n) is 3.47. The Balaban J connectivity index is 0.00000192. The zero-order valence-corrected chi connectivity index (χ0v) is 14.8. The molecule has 0 amide bonds. The second-order valence-corrected chi connectivity index (χ2v) is 6.11. The number of anilines is 1. The fraction of sp³-hybridized carbons (Fsp3) is 0.167. The van der Waals surface area contributed by atoms with Crippen molar-refractivity contribution in [2.75, 3.05) is 5.32 Å². The van der Waals surface area contributed by atoms with Crippen LogP contribution in [-0.4, -0.2) is 5.71 Å². The molecule has 5 heteroatoms. The molecular weight excluding hydrogens is 351 g/mol. The lowest BCUT2D eigenvalue weighted by Crippen LogP contribution is -2.09. The van der Waals surface area contributed by atoms with E-state index in [1.165, 1.54) is 5.70 Å². The van der Waals surface area contributed by atoms with Crippen LogP contribution in [0.4, 0.5) is 11.4 Å². The number of allylic oxidation sites excluding steroid dienone is 2. The van der Waals surface area contributed by atoms with Gasteiger partial charge in [-0.05, 0) is 73.9 Å². The molecule has 0 spiro atoms. The van der Waals surface area contributed by atoms with Gasteiger partial charge in [0.05, 0.1) is 5.69 Å². The average Bonchev–Trinajstić information content (AvgIpc) is 2.52. The molecule has 0 aromatic heterocycles. The van der Waals surface area contributed by atoms with Crippen molar-refractivity contribution in [2.45, 2.75) is 19.3 Å². The van der Waals surface area contributed by atoms with Crippen LogP contribution in [0, 0.1) is 0 Å². The van der Waals surface area contributed by atoms with E-state index in [1.807, 2.05) is 48.5 Å². The van der Waals surface area contributed by atoms with Gasteiger partial charge in [0.1, 0.15) is 0 Å². The highest BCUT2D eigenvalue weighted by Gasteiger charge is 2.09. The van der Waals surface area contributed by atoms with Crippen LogP contribution in [0.1, 0.15) is 19.3 Å². The Morgan fingerprint density at radius 3 is 2.09 bits per heavy atom. The van der Waals surface area contributed by atoms with E-state index >= 15 is 0 Å². The summed E-state index contributed by atoms with van der Waals surface area (Å²) in [7, 11) is 0. The highest BCUT2D eigenvalue weighted by Crippen LogP contribution is 2.23. The highest BCUT2D eigenvalue weighted by atomic mass is 35.5. The smallest absolute Gasteiger partial charge is 0.0634 e. The van der Waals surface area contributed by atoms with E-state index in [9.17, 15) is 0 Å². The van der Waals surface area contributed by atoms with Crippen LogP contribution in [0.2, 0.25) is 10.0 Å². The first-order valence-corrected chi connectivity index (χ1v) is 8.01. The average molecular weight is 368 g/mol. The predicted molar refractivity (Wildman–Crippen MR) is 103 cm³/mol. The van der Waals surface area contributed by atoms with Crippen LogP contribution in [0.3, 0.4) is 0 Å². The summed E-state index contributed by atoms with van der Waals surface area (Å²) in [4.78, 5) is 4.69. The number of rotatable bonds is 3. The van der Waals surface area contributed by atoms with Gasteiger partial charge in [-0.15, -0.1) is 12.4 Å². The lowest BCUT2D eigenvalue weighted by atomic mass is 10.0. The normalized spacial score (nSPS) is 15.7. The number of halogens is 3. The molecule has 0 fully saturated rings. The van der Waals surface area contributed by atoms with E-state index in [-0.39, 0.29) is 12.4 Å². The van der Waals surface area contributed by atoms with Crippen molar-refractivity contribution in [1.29, 1.82) is 0 Å². The second-order valence-electron chi connectivity index (χ2n) is 5.23. The lowest BCUT2D eigenvalue weighted by molar-refractivity contribution is 0.839. The van der Waals surface area contributed by atoms with E-state index in [0.29, 0.717) is 0 Å². The summed E-state index contributed by atoms with van der Waals surface area (Å²) in [6.07, 6.45) is 5.25. The molecule has 0 heterocycles. The zero-order chi connectivity index (χ0) is 15.4. The molecule has 0 bridgehead atoms. The maximum absolute atomic E-state index is 5.91. The Hall–Kier alpha value is -1.48. The van der Waals surface area contributed by atoms with Crippen LogP contribution in [0.25, 0.3) is 0 Å². The molecule has 0 atom stereocenters. The third-order valence-corrected chi connectivity index (χ3v) is 3.97. The minimum Gasteiger partial charge on any atom is -0.359 e. The van der Waals surface area contributed by atoms with E-state index < -0.39 is 0 Å². The Morgan fingerprint density at radius 2 is 1.43 bits per heavy atom.